The topological polar surface area (TPSA) is 110 Å². The average Bonchev–Trinajstić information content (AvgIpc) is 1.54. The van der Waals surface area contributed by atoms with Gasteiger partial charge >= 0.3 is 0 Å². The van der Waals surface area contributed by atoms with Crippen LogP contribution < -0.4 is 0 Å². The van der Waals surface area contributed by atoms with Crippen LogP contribution in [0.4, 0.5) is 0 Å². The Labute approximate surface area is 792 Å². The van der Waals surface area contributed by atoms with Crippen LogP contribution in [0.2, 0.25) is 0 Å². The number of hydrogen-bond donors (Lipinski definition) is 0. The highest BCUT2D eigenvalue weighted by molar-refractivity contribution is 7.28. The summed E-state index contributed by atoms with van der Waals surface area (Å²) in [5, 5.41) is 22.7. The molecular weight excluding hydrogens is 1730 g/mol. The van der Waals surface area contributed by atoms with Crippen LogP contribution in [0, 0.1) is 0 Å². The van der Waals surface area contributed by atoms with Gasteiger partial charge < -0.3 is 4.57 Å². The Morgan fingerprint density at radius 2 is 0.599 bits per heavy atom. The van der Waals surface area contributed by atoms with Gasteiger partial charge in [0.1, 0.15) is 0 Å². The van der Waals surface area contributed by atoms with Gasteiger partial charge in [0.05, 0.1) is 80.7 Å². The van der Waals surface area contributed by atoms with Crippen LogP contribution in [0.5, 0.6) is 0 Å². The fraction of sp³-hybridized carbons (Fsp3) is 0. The summed E-state index contributed by atoms with van der Waals surface area (Å²) in [5.74, 6) is 2.87. The predicted octanol–water partition coefficient (Wildman–Crippen LogP) is 33.2. The zero-order valence-corrected chi connectivity index (χ0v) is 75.4. The quantitative estimate of drug-likeness (QED) is 0.119. The van der Waals surface area contributed by atoms with Crippen molar-refractivity contribution in [1.29, 1.82) is 0 Å². The van der Waals surface area contributed by atoms with E-state index in [9.17, 15) is 0 Å². The van der Waals surface area contributed by atoms with E-state index in [0.29, 0.717) is 29.5 Å². The maximum absolute atomic E-state index is 6.04. The number of para-hydroxylation sites is 4. The van der Waals surface area contributed by atoms with E-state index in [1.165, 1.54) is 56.5 Å². The van der Waals surface area contributed by atoms with E-state index in [0.717, 1.165) is 207 Å². The molecule has 10 heterocycles. The van der Waals surface area contributed by atoms with Gasteiger partial charge in [0.15, 0.2) is 11.6 Å². The van der Waals surface area contributed by atoms with Crippen molar-refractivity contribution in [2.45, 2.75) is 0 Å². The number of aromatic nitrogens is 11. The van der Waals surface area contributed by atoms with E-state index in [2.05, 4.69) is 431 Å². The Balaban J connectivity index is 0.638. The lowest BCUT2D eigenvalue weighted by Crippen LogP contribution is -2.07. The van der Waals surface area contributed by atoms with Gasteiger partial charge in [-0.05, 0) is 127 Å². The molecule has 0 amide bonds. The monoisotopic (exact) mass is 1800 g/mol. The van der Waals surface area contributed by atoms with Crippen LogP contribution in [-0.2, 0) is 0 Å². The van der Waals surface area contributed by atoms with Crippen LogP contribution in [0.3, 0.4) is 0 Å². The van der Waals surface area contributed by atoms with Gasteiger partial charge in [-0.15, -0.1) is 34.0 Å². The van der Waals surface area contributed by atoms with Crippen molar-refractivity contribution in [3.8, 4) is 102 Å². The second-order valence-electron chi connectivity index (χ2n) is 35.6. The van der Waals surface area contributed by atoms with E-state index < -0.39 is 0 Å². The van der Waals surface area contributed by atoms with E-state index in [1.54, 1.807) is 11.3 Å². The molecule has 0 unspecified atom stereocenters. The summed E-state index contributed by atoms with van der Waals surface area (Å²) in [4.78, 5) is 40.1. The first-order chi connectivity index (χ1) is 68.0. The fourth-order valence-electron chi connectivity index (χ4n) is 22.3. The lowest BCUT2D eigenvalue weighted by Gasteiger charge is -2.14. The Morgan fingerprint density at radius 3 is 1.26 bits per heavy atom. The van der Waals surface area contributed by atoms with Crippen LogP contribution >= 0.6 is 34.0 Å². The minimum absolute atomic E-state index is 0.505. The van der Waals surface area contributed by atoms with Gasteiger partial charge in [-0.1, -0.05) is 352 Å². The number of hydrogen-bond acceptors (Lipinski definition) is 10. The molecule has 0 aliphatic carbocycles. The first-order valence-corrected chi connectivity index (χ1v) is 48.6. The van der Waals surface area contributed by atoms with Crippen LogP contribution in [0.1, 0.15) is 0 Å². The summed E-state index contributed by atoms with van der Waals surface area (Å²) in [6.07, 6.45) is 0. The first-order valence-electron chi connectivity index (χ1n) is 46.2. The molecule has 14 heteroatoms. The molecular formula is C123H69N11S3. The molecule has 0 spiro atoms. The summed E-state index contributed by atoms with van der Waals surface area (Å²) in [5.41, 5.74) is 23.3. The average molecular weight is 1800 g/mol. The van der Waals surface area contributed by atoms with Crippen molar-refractivity contribution in [2.24, 2.45) is 0 Å². The lowest BCUT2D eigenvalue weighted by atomic mass is 9.93. The van der Waals surface area contributed by atoms with E-state index in [-0.39, 0.29) is 0 Å². The van der Waals surface area contributed by atoms with Crippen LogP contribution in [-0.4, -0.2) is 53.2 Å². The summed E-state index contributed by atoms with van der Waals surface area (Å²) in [6, 6.07) is 152. The summed E-state index contributed by atoms with van der Waals surface area (Å²) in [6.45, 7) is 0. The molecule has 0 aliphatic rings. The number of benzene rings is 20. The summed E-state index contributed by atoms with van der Waals surface area (Å²) >= 11 is 5.48. The maximum atomic E-state index is 6.04. The highest BCUT2D eigenvalue weighted by Crippen LogP contribution is 2.55. The molecule has 0 atom stereocenters. The Morgan fingerprint density at radius 1 is 0.182 bits per heavy atom. The first kappa shape index (κ1) is 76.1. The molecule has 10 aromatic heterocycles. The molecule has 30 aromatic rings. The standard InChI is InChI=1S/C123H69N11S3/c1-6-30-70(31-7-1)71-56-58-76(59-57-71)120-128-119(75-37-12-4-13-38-75)129-123(130-120)134-99-53-29-47-80(102(99)91-67-66-86-83-42-18-23-50-96(83)131(111(86)112(91)134)79-39-14-5-15-40-79)77-61-64-85-94(68-77)104-88-44-20-25-52-98(88)133(114(104)116-105(85)89-45-21-26-54-100(89)135-116)122-125-108(74-35-10-3-11-36-74)118-110(127-122)93-49-28-48-82(115(93)137-118)78-62-63-84-95(69-78)106-90-46-22-27-55-101(90)136-117(106)113-103(84)87-43-19-24-51-97(87)132(113)121-124-107(73-33-8-2-9-34-73)92-65-60-72-32-16-17-41-81(72)109(92)126-121/h1-69H. The molecule has 0 saturated carbocycles. The summed E-state index contributed by atoms with van der Waals surface area (Å²) < 4.78 is 16.4. The van der Waals surface area contributed by atoms with Gasteiger partial charge in [-0.3, -0.25) is 13.7 Å². The summed E-state index contributed by atoms with van der Waals surface area (Å²) in [7, 11) is 0. The van der Waals surface area contributed by atoms with Gasteiger partial charge in [0, 0.05) is 123 Å². The second-order valence-corrected chi connectivity index (χ2v) is 38.7. The molecule has 137 heavy (non-hydrogen) atoms. The molecule has 0 radical (unpaired) electrons. The Kier molecular flexibility index (Phi) is 16.4. The molecule has 11 nitrogen and oxygen atoms in total. The number of fused-ring (bicyclic) bond motifs is 33. The van der Waals surface area contributed by atoms with Gasteiger partial charge in [-0.2, -0.15) is 9.97 Å². The Hall–Kier alpha value is -17.5. The van der Waals surface area contributed by atoms with E-state index in [1.807, 2.05) is 28.7 Å². The lowest BCUT2D eigenvalue weighted by molar-refractivity contribution is 0.953. The molecule has 0 N–H and O–H groups in total. The van der Waals surface area contributed by atoms with E-state index >= 15 is 0 Å². The highest BCUT2D eigenvalue weighted by Gasteiger charge is 2.32. The smallest absolute Gasteiger partial charge is 0.238 e. The van der Waals surface area contributed by atoms with Crippen molar-refractivity contribution in [2.75, 3.05) is 0 Å². The largest absolute Gasteiger partial charge is 0.307 e. The van der Waals surface area contributed by atoms with Crippen molar-refractivity contribution in [3.05, 3.63) is 419 Å². The fourth-order valence-corrected chi connectivity index (χ4v) is 26.1. The maximum Gasteiger partial charge on any atom is 0.238 e. The molecule has 0 bridgehead atoms. The molecule has 20 aromatic carbocycles. The highest BCUT2D eigenvalue weighted by atomic mass is 32.1. The Bertz CT molecular complexity index is 10400. The van der Waals surface area contributed by atoms with Gasteiger partial charge in [0.25, 0.3) is 0 Å². The van der Waals surface area contributed by atoms with Crippen molar-refractivity contribution in [3.63, 3.8) is 0 Å². The second kappa shape index (κ2) is 29.5. The molecule has 0 saturated heterocycles. The molecule has 30 rings (SSSR count). The molecule has 0 aliphatic heterocycles. The third kappa shape index (κ3) is 11.2. The third-order valence-corrected chi connectivity index (χ3v) is 31.8. The number of nitrogens with zero attached hydrogens (tertiary/aromatic N) is 11. The van der Waals surface area contributed by atoms with Crippen molar-refractivity contribution in [1.82, 2.24) is 53.2 Å². The van der Waals surface area contributed by atoms with Crippen molar-refractivity contribution >= 4 is 225 Å². The van der Waals surface area contributed by atoms with Gasteiger partial charge in [0.2, 0.25) is 17.8 Å². The predicted molar refractivity (Wildman–Crippen MR) is 575 cm³/mol. The zero-order valence-electron chi connectivity index (χ0n) is 73.0. The minimum atomic E-state index is 0.505. The number of thiophene rings is 3. The molecule has 634 valence electrons. The van der Waals surface area contributed by atoms with E-state index in [4.69, 9.17) is 34.9 Å². The van der Waals surface area contributed by atoms with Crippen molar-refractivity contribution < 1.29 is 0 Å². The van der Waals surface area contributed by atoms with Crippen LogP contribution in [0.15, 0.2) is 419 Å². The zero-order chi connectivity index (χ0) is 89.3. The van der Waals surface area contributed by atoms with Crippen LogP contribution in [0.25, 0.3) is 293 Å². The number of rotatable bonds is 11. The van der Waals surface area contributed by atoms with Gasteiger partial charge in [-0.25, -0.2) is 24.9 Å². The normalized spacial score (nSPS) is 12.2. The minimum Gasteiger partial charge on any atom is -0.307 e. The third-order valence-electron chi connectivity index (χ3n) is 28.2. The molecule has 0 fully saturated rings. The SMILES string of the molecule is c1ccc(-c2ccc(-c3nc(-c4ccccc4)nc(-n4c5cccc(-c6ccc7c(c6)c6c8ccccc8n(-c8nc(-c9ccccc9)c9sc%10c(-c%11ccc%12c(c%11)c%11c%13ccccc%13sc%11c%11c%12c%12ccccc%12n%11-c%11nc(-c%12ccccc%12)c%12ccc%13ccccc%13c%12n%11)cccc%10c9n8)c6c6sc8ccccc8c76)c5c5ccc6c7ccccc7n(-c7ccccc7)c6c54)n3)cc2)cc1.